The number of hydrogen-bond donors (Lipinski definition) is 0. The lowest BCUT2D eigenvalue weighted by atomic mass is 10.2. The van der Waals surface area contributed by atoms with Crippen molar-refractivity contribution in [2.75, 3.05) is 33.4 Å². The maximum Gasteiger partial charge on any atom is 0.343 e. The molecule has 1 saturated heterocycles. The fourth-order valence-corrected chi connectivity index (χ4v) is 4.64. The first kappa shape index (κ1) is 21.1. The van der Waals surface area contributed by atoms with Gasteiger partial charge in [0.15, 0.2) is 11.5 Å². The van der Waals surface area contributed by atoms with Crippen LogP contribution in [0.4, 0.5) is 0 Å². The smallest absolute Gasteiger partial charge is 0.343 e. The molecular formula is C19H17ClN2O6S. The summed E-state index contributed by atoms with van der Waals surface area (Å²) in [5, 5.41) is 8.96. The van der Waals surface area contributed by atoms with E-state index in [2.05, 4.69) is 0 Å². The van der Waals surface area contributed by atoms with Crippen molar-refractivity contribution in [2.24, 2.45) is 0 Å². The minimum atomic E-state index is -3.89. The Morgan fingerprint density at radius 1 is 1.17 bits per heavy atom. The molecule has 0 amide bonds. The Labute approximate surface area is 173 Å². The molecule has 1 aliphatic heterocycles. The van der Waals surface area contributed by atoms with Crippen molar-refractivity contribution in [1.82, 2.24) is 4.31 Å². The van der Waals surface area contributed by atoms with Crippen molar-refractivity contribution in [3.05, 3.63) is 52.5 Å². The highest BCUT2D eigenvalue weighted by atomic mass is 35.5. The van der Waals surface area contributed by atoms with Gasteiger partial charge in [-0.05, 0) is 30.3 Å². The largest absolute Gasteiger partial charge is 0.493 e. The number of carbonyl (C=O) groups excluding carboxylic acids is 1. The SMILES string of the molecule is COc1cc(C#N)ccc1OC(=O)c1ccc(Cl)c(S(=O)(=O)N2CCOCC2)c1. The van der Waals surface area contributed by atoms with Gasteiger partial charge in [0.25, 0.3) is 0 Å². The number of hydrogen-bond acceptors (Lipinski definition) is 7. The molecule has 0 atom stereocenters. The molecular weight excluding hydrogens is 420 g/mol. The van der Waals surface area contributed by atoms with Crippen molar-refractivity contribution < 1.29 is 27.4 Å². The molecule has 152 valence electrons. The molecule has 3 rings (SSSR count). The highest BCUT2D eigenvalue weighted by Crippen LogP contribution is 2.30. The van der Waals surface area contributed by atoms with E-state index in [-0.39, 0.29) is 53.3 Å². The number of sulfonamides is 1. The van der Waals surface area contributed by atoms with Gasteiger partial charge in [0.1, 0.15) is 4.90 Å². The van der Waals surface area contributed by atoms with Crippen molar-refractivity contribution in [2.45, 2.75) is 4.90 Å². The number of ether oxygens (including phenoxy) is 3. The van der Waals surface area contributed by atoms with Crippen molar-refractivity contribution in [3.8, 4) is 17.6 Å². The second kappa shape index (κ2) is 8.80. The van der Waals surface area contributed by atoms with E-state index in [4.69, 9.17) is 31.1 Å². The topological polar surface area (TPSA) is 106 Å². The van der Waals surface area contributed by atoms with E-state index < -0.39 is 16.0 Å². The molecule has 0 aromatic heterocycles. The van der Waals surface area contributed by atoms with Gasteiger partial charge in [-0.3, -0.25) is 0 Å². The van der Waals surface area contributed by atoms with Crippen LogP contribution in [-0.2, 0) is 14.8 Å². The van der Waals surface area contributed by atoms with Crippen LogP contribution in [0.3, 0.4) is 0 Å². The Morgan fingerprint density at radius 3 is 2.55 bits per heavy atom. The number of morpholine rings is 1. The zero-order chi connectivity index (χ0) is 21.0. The number of nitrogens with zero attached hydrogens (tertiary/aromatic N) is 2. The lowest BCUT2D eigenvalue weighted by Gasteiger charge is -2.26. The van der Waals surface area contributed by atoms with Crippen LogP contribution in [0.2, 0.25) is 5.02 Å². The first-order valence-corrected chi connectivity index (χ1v) is 10.4. The van der Waals surface area contributed by atoms with Crippen molar-refractivity contribution >= 4 is 27.6 Å². The van der Waals surface area contributed by atoms with Gasteiger partial charge in [-0.2, -0.15) is 9.57 Å². The molecule has 1 fully saturated rings. The average molecular weight is 437 g/mol. The number of rotatable bonds is 5. The Morgan fingerprint density at radius 2 is 1.90 bits per heavy atom. The number of carbonyl (C=O) groups is 1. The third-order valence-electron chi connectivity index (χ3n) is 4.25. The predicted octanol–water partition coefficient (Wildman–Crippen LogP) is 2.46. The number of esters is 1. The van der Waals surface area contributed by atoms with E-state index in [1.54, 1.807) is 0 Å². The normalized spacial score (nSPS) is 14.8. The van der Waals surface area contributed by atoms with Crippen LogP contribution in [0.5, 0.6) is 11.5 Å². The standard InChI is InChI=1S/C19H17ClN2O6S/c1-26-17-10-13(12-21)2-5-16(17)28-19(23)14-3-4-15(20)18(11-14)29(24,25)22-6-8-27-9-7-22/h2-5,10-11H,6-9H2,1H3. The summed E-state index contributed by atoms with van der Waals surface area (Å²) >= 11 is 6.11. The summed E-state index contributed by atoms with van der Waals surface area (Å²) in [6, 6.07) is 10.2. The molecule has 10 heteroatoms. The quantitative estimate of drug-likeness (QED) is 0.523. The summed E-state index contributed by atoms with van der Waals surface area (Å²) < 4.78 is 42.7. The minimum Gasteiger partial charge on any atom is -0.493 e. The van der Waals surface area contributed by atoms with Gasteiger partial charge in [-0.25, -0.2) is 13.2 Å². The third kappa shape index (κ3) is 4.52. The summed E-state index contributed by atoms with van der Waals surface area (Å²) in [6.45, 7) is 0.986. The monoisotopic (exact) mass is 436 g/mol. The van der Waals surface area contributed by atoms with Crippen LogP contribution in [0.15, 0.2) is 41.3 Å². The van der Waals surface area contributed by atoms with Gasteiger partial charge in [0.05, 0.1) is 42.5 Å². The van der Waals surface area contributed by atoms with Gasteiger partial charge in [0.2, 0.25) is 10.0 Å². The van der Waals surface area contributed by atoms with Crippen molar-refractivity contribution in [1.29, 1.82) is 5.26 Å². The average Bonchev–Trinajstić information content (AvgIpc) is 2.74. The van der Waals surface area contributed by atoms with Gasteiger partial charge in [-0.15, -0.1) is 0 Å². The lowest BCUT2D eigenvalue weighted by molar-refractivity contribution is 0.0725. The first-order chi connectivity index (χ1) is 13.9. The summed E-state index contributed by atoms with van der Waals surface area (Å²) in [4.78, 5) is 12.4. The first-order valence-electron chi connectivity index (χ1n) is 8.54. The second-order valence-electron chi connectivity index (χ2n) is 6.03. The summed E-state index contributed by atoms with van der Waals surface area (Å²) in [5.41, 5.74) is 0.347. The molecule has 29 heavy (non-hydrogen) atoms. The van der Waals surface area contributed by atoms with E-state index in [9.17, 15) is 13.2 Å². The van der Waals surface area contributed by atoms with Crippen molar-refractivity contribution in [3.63, 3.8) is 0 Å². The molecule has 0 spiro atoms. The van der Waals surface area contributed by atoms with Crippen LogP contribution in [0.25, 0.3) is 0 Å². The molecule has 0 aliphatic carbocycles. The molecule has 8 nitrogen and oxygen atoms in total. The zero-order valence-corrected chi connectivity index (χ0v) is 17.0. The maximum absolute atomic E-state index is 12.9. The number of nitriles is 1. The molecule has 0 N–H and O–H groups in total. The lowest BCUT2D eigenvalue weighted by Crippen LogP contribution is -2.40. The summed E-state index contributed by atoms with van der Waals surface area (Å²) in [5.74, 6) is -0.486. The molecule has 0 bridgehead atoms. The molecule has 0 saturated carbocycles. The van der Waals surface area contributed by atoms with E-state index in [0.29, 0.717) is 5.56 Å². The van der Waals surface area contributed by atoms with E-state index in [0.717, 1.165) is 0 Å². The van der Waals surface area contributed by atoms with Crippen LogP contribution in [-0.4, -0.2) is 52.1 Å². The molecule has 1 aliphatic rings. The molecule has 0 radical (unpaired) electrons. The van der Waals surface area contributed by atoms with E-state index in [1.807, 2.05) is 6.07 Å². The third-order valence-corrected chi connectivity index (χ3v) is 6.63. The number of methoxy groups -OCH3 is 1. The Kier molecular flexibility index (Phi) is 6.39. The maximum atomic E-state index is 12.9. The van der Waals surface area contributed by atoms with Gasteiger partial charge in [-0.1, -0.05) is 11.6 Å². The molecule has 2 aromatic rings. The highest BCUT2D eigenvalue weighted by Gasteiger charge is 2.29. The van der Waals surface area contributed by atoms with Gasteiger partial charge < -0.3 is 14.2 Å². The van der Waals surface area contributed by atoms with Crippen LogP contribution in [0.1, 0.15) is 15.9 Å². The molecule has 1 heterocycles. The van der Waals surface area contributed by atoms with E-state index >= 15 is 0 Å². The minimum absolute atomic E-state index is 0.00370. The van der Waals surface area contributed by atoms with Crippen LogP contribution < -0.4 is 9.47 Å². The Hall–Kier alpha value is -2.64. The summed E-state index contributed by atoms with van der Waals surface area (Å²) in [7, 11) is -2.51. The van der Waals surface area contributed by atoms with E-state index in [1.165, 1.54) is 47.8 Å². The number of benzene rings is 2. The number of halogens is 1. The van der Waals surface area contributed by atoms with Gasteiger partial charge >= 0.3 is 5.97 Å². The zero-order valence-electron chi connectivity index (χ0n) is 15.4. The molecule has 0 unspecified atom stereocenters. The fraction of sp³-hybridized carbons (Fsp3) is 0.263. The van der Waals surface area contributed by atoms with Gasteiger partial charge in [0, 0.05) is 19.2 Å². The predicted molar refractivity (Wildman–Crippen MR) is 104 cm³/mol. The van der Waals surface area contributed by atoms with Crippen LogP contribution >= 0.6 is 11.6 Å². The molecule has 2 aromatic carbocycles. The highest BCUT2D eigenvalue weighted by molar-refractivity contribution is 7.89. The Balaban J connectivity index is 1.90. The second-order valence-corrected chi connectivity index (χ2v) is 8.34. The van der Waals surface area contributed by atoms with Crippen LogP contribution in [0, 0.1) is 11.3 Å². The fourth-order valence-electron chi connectivity index (χ4n) is 2.73. The Bertz CT molecular complexity index is 1070. The summed E-state index contributed by atoms with van der Waals surface area (Å²) in [6.07, 6.45) is 0.